The Bertz CT molecular complexity index is 1590. The molecule has 44 heavy (non-hydrogen) atoms. The van der Waals surface area contributed by atoms with E-state index < -0.39 is 28.5 Å². The van der Waals surface area contributed by atoms with Gasteiger partial charge in [0, 0.05) is 12.6 Å². The third-order valence-electron chi connectivity index (χ3n) is 8.41. The lowest BCUT2D eigenvalue weighted by molar-refractivity contribution is -0.140. The van der Waals surface area contributed by atoms with Crippen LogP contribution in [0.2, 0.25) is 10.0 Å². The van der Waals surface area contributed by atoms with Crippen molar-refractivity contribution in [1.82, 2.24) is 10.2 Å². The molecule has 1 atom stereocenters. The average molecular weight is 659 g/mol. The fourth-order valence-electron chi connectivity index (χ4n) is 5.66. The quantitative estimate of drug-likeness (QED) is 0.233. The molecule has 10 heteroatoms. The van der Waals surface area contributed by atoms with Crippen LogP contribution in [0.4, 0.5) is 5.69 Å². The van der Waals surface area contributed by atoms with E-state index in [1.165, 1.54) is 4.90 Å². The summed E-state index contributed by atoms with van der Waals surface area (Å²) in [6.07, 6.45) is 5.40. The van der Waals surface area contributed by atoms with Gasteiger partial charge in [0.1, 0.15) is 12.6 Å². The van der Waals surface area contributed by atoms with Crippen molar-refractivity contribution < 1.29 is 18.0 Å². The van der Waals surface area contributed by atoms with Gasteiger partial charge < -0.3 is 10.2 Å². The van der Waals surface area contributed by atoms with Crippen molar-refractivity contribution in [3.05, 3.63) is 93.0 Å². The van der Waals surface area contributed by atoms with Gasteiger partial charge in [0.05, 0.1) is 20.6 Å². The first-order valence-corrected chi connectivity index (χ1v) is 17.3. The van der Waals surface area contributed by atoms with Crippen molar-refractivity contribution in [2.24, 2.45) is 0 Å². The second kappa shape index (κ2) is 14.8. The van der Waals surface area contributed by atoms with E-state index in [2.05, 4.69) is 5.32 Å². The molecule has 0 aromatic heterocycles. The van der Waals surface area contributed by atoms with Gasteiger partial charge in [-0.05, 0) is 87.1 Å². The van der Waals surface area contributed by atoms with Crippen LogP contribution in [-0.4, -0.2) is 43.8 Å². The van der Waals surface area contributed by atoms with E-state index in [0.717, 1.165) is 53.1 Å². The SMILES string of the molecule is CC[C@H](C(=O)NC1CCCCC1)N(Cc1ccc(Cl)c(Cl)c1)C(=O)CN(c1cccc(C)c1C)S(=O)(=O)c1ccc(C)cc1. The summed E-state index contributed by atoms with van der Waals surface area (Å²) < 4.78 is 29.5. The van der Waals surface area contributed by atoms with Gasteiger partial charge in [-0.1, -0.05) is 85.3 Å². The van der Waals surface area contributed by atoms with Crippen LogP contribution in [0.3, 0.4) is 0 Å². The van der Waals surface area contributed by atoms with Crippen molar-refractivity contribution >= 4 is 50.7 Å². The summed E-state index contributed by atoms with van der Waals surface area (Å²) in [7, 11) is -4.15. The average Bonchev–Trinajstić information content (AvgIpc) is 2.99. The number of anilines is 1. The van der Waals surface area contributed by atoms with Crippen LogP contribution < -0.4 is 9.62 Å². The lowest BCUT2D eigenvalue weighted by atomic mass is 9.95. The number of sulfonamides is 1. The molecule has 0 aliphatic heterocycles. The normalized spacial score (nSPS) is 14.6. The first-order chi connectivity index (χ1) is 20.9. The number of halogens is 2. The molecular formula is C34H41Cl2N3O4S. The highest BCUT2D eigenvalue weighted by molar-refractivity contribution is 7.92. The molecule has 4 rings (SSSR count). The highest BCUT2D eigenvalue weighted by Crippen LogP contribution is 2.30. The van der Waals surface area contributed by atoms with Crippen LogP contribution >= 0.6 is 23.2 Å². The number of nitrogens with one attached hydrogen (secondary N) is 1. The molecule has 3 aromatic carbocycles. The Kier molecular flexibility index (Phi) is 11.4. The van der Waals surface area contributed by atoms with E-state index in [9.17, 15) is 18.0 Å². The second-order valence-electron chi connectivity index (χ2n) is 11.6. The van der Waals surface area contributed by atoms with Gasteiger partial charge in [-0.3, -0.25) is 13.9 Å². The number of hydrogen-bond acceptors (Lipinski definition) is 4. The van der Waals surface area contributed by atoms with Gasteiger partial charge in [0.15, 0.2) is 0 Å². The number of carbonyl (C=O) groups is 2. The number of hydrogen-bond donors (Lipinski definition) is 1. The highest BCUT2D eigenvalue weighted by Gasteiger charge is 2.35. The molecule has 3 aromatic rings. The maximum atomic E-state index is 14.4. The molecule has 0 unspecified atom stereocenters. The third kappa shape index (κ3) is 7.95. The summed E-state index contributed by atoms with van der Waals surface area (Å²) >= 11 is 12.5. The summed E-state index contributed by atoms with van der Waals surface area (Å²) in [6.45, 7) is 7.04. The standard InChI is InChI=1S/C34H41Cl2N3O4S/c1-5-31(34(41)37-27-11-7-6-8-12-27)38(21-26-16-19-29(35)30(36)20-26)33(40)22-39(32-13-9-10-24(3)25(32)4)44(42,43)28-17-14-23(2)15-18-28/h9-10,13-20,27,31H,5-8,11-12,21-22H2,1-4H3,(H,37,41)/t31-/m1/s1. The van der Waals surface area contributed by atoms with Gasteiger partial charge in [-0.2, -0.15) is 0 Å². The van der Waals surface area contributed by atoms with Crippen molar-refractivity contribution in [3.8, 4) is 0 Å². The van der Waals surface area contributed by atoms with E-state index in [4.69, 9.17) is 23.2 Å². The van der Waals surface area contributed by atoms with Crippen molar-refractivity contribution in [3.63, 3.8) is 0 Å². The fourth-order valence-corrected chi connectivity index (χ4v) is 7.45. The fraction of sp³-hybridized carbons (Fsp3) is 0.412. The van der Waals surface area contributed by atoms with E-state index in [-0.39, 0.29) is 23.4 Å². The highest BCUT2D eigenvalue weighted by atomic mass is 35.5. The Hall–Kier alpha value is -3.07. The van der Waals surface area contributed by atoms with Gasteiger partial charge in [-0.25, -0.2) is 8.42 Å². The number of rotatable bonds is 11. The first kappa shape index (κ1) is 33.8. The minimum absolute atomic E-state index is 0.0531. The molecule has 0 bridgehead atoms. The molecule has 0 radical (unpaired) electrons. The summed E-state index contributed by atoms with van der Waals surface area (Å²) in [5.41, 5.74) is 3.64. The number of benzene rings is 3. The zero-order chi connectivity index (χ0) is 32.0. The van der Waals surface area contributed by atoms with Crippen LogP contribution in [0.5, 0.6) is 0 Å². The zero-order valence-corrected chi connectivity index (χ0v) is 28.1. The Labute approximate surface area is 271 Å². The third-order valence-corrected chi connectivity index (χ3v) is 10.9. The van der Waals surface area contributed by atoms with E-state index in [1.807, 2.05) is 33.8 Å². The number of nitrogens with zero attached hydrogens (tertiary/aromatic N) is 2. The van der Waals surface area contributed by atoms with Crippen LogP contribution in [0.25, 0.3) is 0 Å². The molecule has 0 spiro atoms. The minimum Gasteiger partial charge on any atom is -0.352 e. The molecule has 1 N–H and O–H groups in total. The molecule has 0 saturated heterocycles. The Balaban J connectivity index is 1.75. The summed E-state index contributed by atoms with van der Waals surface area (Å²) in [6, 6.07) is 16.3. The molecule has 0 heterocycles. The number of amides is 2. The molecular weight excluding hydrogens is 617 g/mol. The molecule has 1 fully saturated rings. The van der Waals surface area contributed by atoms with Crippen LogP contribution in [0, 0.1) is 20.8 Å². The Morgan fingerprint density at radius 2 is 1.61 bits per heavy atom. The van der Waals surface area contributed by atoms with Gasteiger partial charge >= 0.3 is 0 Å². The van der Waals surface area contributed by atoms with Gasteiger partial charge in [0.2, 0.25) is 11.8 Å². The molecule has 1 saturated carbocycles. The van der Waals surface area contributed by atoms with Gasteiger partial charge in [0.25, 0.3) is 10.0 Å². The smallest absolute Gasteiger partial charge is 0.264 e. The van der Waals surface area contributed by atoms with E-state index in [1.54, 1.807) is 54.6 Å². The van der Waals surface area contributed by atoms with E-state index in [0.29, 0.717) is 27.7 Å². The molecule has 7 nitrogen and oxygen atoms in total. The van der Waals surface area contributed by atoms with Crippen LogP contribution in [0.1, 0.15) is 67.7 Å². The predicted molar refractivity (Wildman–Crippen MR) is 178 cm³/mol. The minimum atomic E-state index is -4.15. The van der Waals surface area contributed by atoms with Crippen LogP contribution in [-0.2, 0) is 26.2 Å². The largest absolute Gasteiger partial charge is 0.352 e. The molecule has 2 amide bonds. The van der Waals surface area contributed by atoms with E-state index >= 15 is 0 Å². The maximum Gasteiger partial charge on any atom is 0.264 e. The maximum absolute atomic E-state index is 14.4. The second-order valence-corrected chi connectivity index (χ2v) is 14.3. The monoisotopic (exact) mass is 657 g/mol. The molecule has 1 aliphatic rings. The summed E-state index contributed by atoms with van der Waals surface area (Å²) in [4.78, 5) is 29.7. The Morgan fingerprint density at radius 1 is 0.932 bits per heavy atom. The zero-order valence-electron chi connectivity index (χ0n) is 25.8. The predicted octanol–water partition coefficient (Wildman–Crippen LogP) is 7.37. The first-order valence-electron chi connectivity index (χ1n) is 15.1. The van der Waals surface area contributed by atoms with Crippen molar-refractivity contribution in [1.29, 1.82) is 0 Å². The van der Waals surface area contributed by atoms with Crippen LogP contribution in [0.15, 0.2) is 65.6 Å². The van der Waals surface area contributed by atoms with Crippen molar-refractivity contribution in [2.45, 2.75) is 89.7 Å². The summed E-state index contributed by atoms with van der Waals surface area (Å²) in [5, 5.41) is 3.87. The lowest BCUT2D eigenvalue weighted by Gasteiger charge is -2.35. The van der Waals surface area contributed by atoms with Crippen molar-refractivity contribution in [2.75, 3.05) is 10.8 Å². The molecule has 236 valence electrons. The lowest BCUT2D eigenvalue weighted by Crippen LogP contribution is -2.54. The number of carbonyl (C=O) groups excluding carboxylic acids is 2. The summed E-state index contributed by atoms with van der Waals surface area (Å²) in [5.74, 6) is -0.745. The molecule has 1 aliphatic carbocycles. The van der Waals surface area contributed by atoms with Gasteiger partial charge in [-0.15, -0.1) is 0 Å². The Morgan fingerprint density at radius 3 is 2.25 bits per heavy atom. The topological polar surface area (TPSA) is 86.8 Å². The number of aryl methyl sites for hydroxylation is 2.